The molecule has 0 spiro atoms. The summed E-state index contributed by atoms with van der Waals surface area (Å²) < 4.78 is 5.34. The van der Waals surface area contributed by atoms with E-state index < -0.39 is 0 Å². The van der Waals surface area contributed by atoms with Gasteiger partial charge in [-0.15, -0.1) is 0 Å². The summed E-state index contributed by atoms with van der Waals surface area (Å²) in [7, 11) is 3.97. The van der Waals surface area contributed by atoms with Crippen LogP contribution in [0.3, 0.4) is 0 Å². The molecule has 106 valence electrons. The Balaban J connectivity index is 1.76. The van der Waals surface area contributed by atoms with E-state index in [1.54, 1.807) is 7.11 Å². The molecule has 3 heteroatoms. The molecule has 1 aliphatic rings. The van der Waals surface area contributed by atoms with Crippen LogP contribution in [0.2, 0.25) is 0 Å². The maximum Gasteiger partial charge on any atom is 0.141 e. The zero-order valence-electron chi connectivity index (χ0n) is 12.2. The molecule has 0 bridgehead atoms. The number of likely N-dealkylation sites (N-methyl/N-ethyl adjacent to an activating group) is 1. The topological polar surface area (TPSA) is 24.5 Å². The Hall–Kier alpha value is -1.22. The van der Waals surface area contributed by atoms with Gasteiger partial charge in [0.1, 0.15) is 5.75 Å². The van der Waals surface area contributed by atoms with Gasteiger partial charge in [-0.2, -0.15) is 0 Å². The fourth-order valence-electron chi connectivity index (χ4n) is 2.86. The van der Waals surface area contributed by atoms with E-state index in [1.165, 1.54) is 32.1 Å². The lowest BCUT2D eigenvalue weighted by molar-refractivity contribution is 0.198. The second kappa shape index (κ2) is 7.39. The predicted octanol–water partition coefficient (Wildman–Crippen LogP) is 3.37. The Labute approximate surface area is 116 Å². The van der Waals surface area contributed by atoms with Gasteiger partial charge in [0.15, 0.2) is 0 Å². The van der Waals surface area contributed by atoms with Crippen LogP contribution in [0.15, 0.2) is 24.3 Å². The second-order valence-corrected chi connectivity index (χ2v) is 5.40. The van der Waals surface area contributed by atoms with E-state index in [1.807, 2.05) is 18.2 Å². The van der Waals surface area contributed by atoms with Gasteiger partial charge in [0, 0.05) is 19.1 Å². The molecule has 1 saturated carbocycles. The van der Waals surface area contributed by atoms with E-state index in [0.717, 1.165) is 30.6 Å². The molecule has 1 N–H and O–H groups in total. The summed E-state index contributed by atoms with van der Waals surface area (Å²) in [5.41, 5.74) is 1.09. The van der Waals surface area contributed by atoms with Gasteiger partial charge in [-0.05, 0) is 32.0 Å². The summed E-state index contributed by atoms with van der Waals surface area (Å²) >= 11 is 0. The monoisotopic (exact) mass is 262 g/mol. The van der Waals surface area contributed by atoms with Gasteiger partial charge in [0.25, 0.3) is 0 Å². The summed E-state index contributed by atoms with van der Waals surface area (Å²) in [6.45, 7) is 2.05. The molecule has 3 nitrogen and oxygen atoms in total. The second-order valence-electron chi connectivity index (χ2n) is 5.40. The summed E-state index contributed by atoms with van der Waals surface area (Å²) in [4.78, 5) is 2.50. The van der Waals surface area contributed by atoms with Crippen molar-refractivity contribution in [2.45, 2.75) is 38.1 Å². The van der Waals surface area contributed by atoms with Gasteiger partial charge in [0.05, 0.1) is 12.8 Å². The molecule has 1 aromatic rings. The highest BCUT2D eigenvalue weighted by atomic mass is 16.5. The average Bonchev–Trinajstić information content (AvgIpc) is 2.48. The number of hydrogen-bond donors (Lipinski definition) is 1. The highest BCUT2D eigenvalue weighted by Gasteiger charge is 2.17. The molecule has 1 fully saturated rings. The van der Waals surface area contributed by atoms with Crippen LogP contribution in [-0.4, -0.2) is 38.2 Å². The molecule has 0 amide bonds. The number of hydrogen-bond acceptors (Lipinski definition) is 3. The number of rotatable bonds is 6. The molecule has 2 rings (SSSR count). The maximum absolute atomic E-state index is 5.34. The number of para-hydroxylation sites is 2. The minimum Gasteiger partial charge on any atom is -0.495 e. The van der Waals surface area contributed by atoms with Crippen molar-refractivity contribution in [3.05, 3.63) is 24.3 Å². The SMILES string of the molecule is COc1ccccc1NCCN(C)C1CCCCC1. The molecule has 0 heterocycles. The van der Waals surface area contributed by atoms with Crippen LogP contribution in [0.5, 0.6) is 5.75 Å². The van der Waals surface area contributed by atoms with Crippen LogP contribution in [0.25, 0.3) is 0 Å². The average molecular weight is 262 g/mol. The number of methoxy groups -OCH3 is 1. The van der Waals surface area contributed by atoms with Crippen molar-refractivity contribution in [2.24, 2.45) is 0 Å². The summed E-state index contributed by atoms with van der Waals surface area (Å²) in [5, 5.41) is 3.47. The molecule has 1 aliphatic carbocycles. The summed E-state index contributed by atoms with van der Waals surface area (Å²) in [6.07, 6.45) is 6.95. The number of ether oxygens (including phenoxy) is 1. The standard InChI is InChI=1S/C16H26N2O/c1-18(14-8-4-3-5-9-14)13-12-17-15-10-6-7-11-16(15)19-2/h6-7,10-11,14,17H,3-5,8-9,12-13H2,1-2H3. The predicted molar refractivity (Wildman–Crippen MR) is 81.0 cm³/mol. The Morgan fingerprint density at radius 3 is 2.68 bits per heavy atom. The van der Waals surface area contributed by atoms with Gasteiger partial charge in [-0.25, -0.2) is 0 Å². The smallest absolute Gasteiger partial charge is 0.141 e. The van der Waals surface area contributed by atoms with Crippen molar-refractivity contribution >= 4 is 5.69 Å². The van der Waals surface area contributed by atoms with Crippen molar-refractivity contribution in [2.75, 3.05) is 32.6 Å². The number of nitrogens with zero attached hydrogens (tertiary/aromatic N) is 1. The van der Waals surface area contributed by atoms with E-state index in [-0.39, 0.29) is 0 Å². The molecule has 0 saturated heterocycles. The maximum atomic E-state index is 5.34. The largest absolute Gasteiger partial charge is 0.495 e. The number of anilines is 1. The van der Waals surface area contributed by atoms with Gasteiger partial charge in [-0.1, -0.05) is 31.4 Å². The van der Waals surface area contributed by atoms with Gasteiger partial charge in [-0.3, -0.25) is 0 Å². The van der Waals surface area contributed by atoms with Crippen LogP contribution >= 0.6 is 0 Å². The van der Waals surface area contributed by atoms with Crippen LogP contribution in [0.1, 0.15) is 32.1 Å². The van der Waals surface area contributed by atoms with Crippen LogP contribution in [0, 0.1) is 0 Å². The summed E-state index contributed by atoms with van der Waals surface area (Å²) in [6, 6.07) is 8.88. The Morgan fingerprint density at radius 2 is 1.95 bits per heavy atom. The number of nitrogens with one attached hydrogen (secondary N) is 1. The fraction of sp³-hybridized carbons (Fsp3) is 0.625. The van der Waals surface area contributed by atoms with Crippen molar-refractivity contribution in [3.63, 3.8) is 0 Å². The van der Waals surface area contributed by atoms with Crippen molar-refractivity contribution < 1.29 is 4.74 Å². The van der Waals surface area contributed by atoms with Crippen LogP contribution < -0.4 is 10.1 Å². The third kappa shape index (κ3) is 4.13. The van der Waals surface area contributed by atoms with E-state index in [9.17, 15) is 0 Å². The molecule has 0 aliphatic heterocycles. The van der Waals surface area contributed by atoms with Gasteiger partial charge < -0.3 is 15.0 Å². The first-order valence-corrected chi connectivity index (χ1v) is 7.38. The van der Waals surface area contributed by atoms with Crippen molar-refractivity contribution in [3.8, 4) is 5.75 Å². The van der Waals surface area contributed by atoms with E-state index in [2.05, 4.69) is 23.3 Å². The lowest BCUT2D eigenvalue weighted by Crippen LogP contribution is -2.36. The molecule has 0 unspecified atom stereocenters. The quantitative estimate of drug-likeness (QED) is 0.850. The zero-order valence-corrected chi connectivity index (χ0v) is 12.2. The first-order chi connectivity index (χ1) is 9.31. The third-order valence-electron chi connectivity index (χ3n) is 4.08. The van der Waals surface area contributed by atoms with E-state index in [4.69, 9.17) is 4.74 Å². The highest BCUT2D eigenvalue weighted by molar-refractivity contribution is 5.56. The molecule has 0 radical (unpaired) electrons. The Morgan fingerprint density at radius 1 is 1.21 bits per heavy atom. The first kappa shape index (κ1) is 14.2. The Kier molecular flexibility index (Phi) is 5.52. The summed E-state index contributed by atoms with van der Waals surface area (Å²) in [5.74, 6) is 0.919. The highest BCUT2D eigenvalue weighted by Crippen LogP contribution is 2.23. The van der Waals surface area contributed by atoms with Crippen LogP contribution in [0.4, 0.5) is 5.69 Å². The van der Waals surface area contributed by atoms with E-state index >= 15 is 0 Å². The lowest BCUT2D eigenvalue weighted by Gasteiger charge is -2.31. The minimum atomic E-state index is 0.785. The normalized spacial score (nSPS) is 16.6. The minimum absolute atomic E-state index is 0.785. The third-order valence-corrected chi connectivity index (χ3v) is 4.08. The fourth-order valence-corrected chi connectivity index (χ4v) is 2.86. The zero-order chi connectivity index (χ0) is 13.5. The molecular formula is C16H26N2O. The van der Waals surface area contributed by atoms with E-state index in [0.29, 0.717) is 0 Å². The Bertz CT molecular complexity index is 375. The molecule has 0 atom stereocenters. The molecule has 0 aromatic heterocycles. The van der Waals surface area contributed by atoms with Crippen LogP contribution in [-0.2, 0) is 0 Å². The van der Waals surface area contributed by atoms with Crippen molar-refractivity contribution in [1.82, 2.24) is 4.90 Å². The number of benzene rings is 1. The van der Waals surface area contributed by atoms with Crippen molar-refractivity contribution in [1.29, 1.82) is 0 Å². The first-order valence-electron chi connectivity index (χ1n) is 7.38. The lowest BCUT2D eigenvalue weighted by atomic mass is 9.94. The molecular weight excluding hydrogens is 236 g/mol. The molecule has 1 aromatic carbocycles. The molecule has 19 heavy (non-hydrogen) atoms. The van der Waals surface area contributed by atoms with Gasteiger partial charge in [0.2, 0.25) is 0 Å². The van der Waals surface area contributed by atoms with Gasteiger partial charge >= 0.3 is 0 Å².